The minimum absolute atomic E-state index is 0.0154. The average Bonchev–Trinajstić information content (AvgIpc) is 2.92. The first-order valence-electron chi connectivity index (χ1n) is 7.24. The lowest BCUT2D eigenvalue weighted by molar-refractivity contribution is -0.116. The molecule has 0 spiro atoms. The standard InChI is InChI=1S/C16H19N3O4S/c1-4-9-19(11-16(20)17-15-10-13(3)23-18-15)24(21,22)14-7-5-12(2)6-8-14/h4-8,10H,1,9,11H2,2-3H3,(H,17,18,20). The highest BCUT2D eigenvalue weighted by molar-refractivity contribution is 7.89. The molecule has 128 valence electrons. The highest BCUT2D eigenvalue weighted by atomic mass is 32.2. The van der Waals surface area contributed by atoms with Crippen LogP contribution in [0.2, 0.25) is 0 Å². The Bertz CT molecular complexity index is 825. The van der Waals surface area contributed by atoms with Crippen LogP contribution in [0.3, 0.4) is 0 Å². The molecule has 0 radical (unpaired) electrons. The molecule has 0 aliphatic carbocycles. The van der Waals surface area contributed by atoms with E-state index in [4.69, 9.17) is 4.52 Å². The molecular weight excluding hydrogens is 330 g/mol. The Morgan fingerprint density at radius 3 is 2.54 bits per heavy atom. The number of rotatable bonds is 7. The van der Waals surface area contributed by atoms with E-state index >= 15 is 0 Å². The number of sulfonamides is 1. The molecule has 0 saturated carbocycles. The fraction of sp³-hybridized carbons (Fsp3) is 0.250. The molecule has 0 aliphatic rings. The predicted octanol–water partition coefficient (Wildman–Crippen LogP) is 2.11. The van der Waals surface area contributed by atoms with Crippen molar-refractivity contribution < 1.29 is 17.7 Å². The Morgan fingerprint density at radius 1 is 1.33 bits per heavy atom. The van der Waals surface area contributed by atoms with E-state index < -0.39 is 15.9 Å². The zero-order valence-electron chi connectivity index (χ0n) is 13.5. The van der Waals surface area contributed by atoms with Crippen molar-refractivity contribution in [3.63, 3.8) is 0 Å². The van der Waals surface area contributed by atoms with Crippen molar-refractivity contribution in [1.29, 1.82) is 0 Å². The molecule has 7 nitrogen and oxygen atoms in total. The van der Waals surface area contributed by atoms with Gasteiger partial charge < -0.3 is 9.84 Å². The first-order valence-corrected chi connectivity index (χ1v) is 8.68. The largest absolute Gasteiger partial charge is 0.360 e. The fourth-order valence-corrected chi connectivity index (χ4v) is 3.39. The second kappa shape index (κ2) is 7.41. The summed E-state index contributed by atoms with van der Waals surface area (Å²) in [5, 5.41) is 6.14. The lowest BCUT2D eigenvalue weighted by Crippen LogP contribution is -2.38. The predicted molar refractivity (Wildman–Crippen MR) is 90.0 cm³/mol. The summed E-state index contributed by atoms with van der Waals surface area (Å²) in [5.74, 6) is 0.269. The summed E-state index contributed by atoms with van der Waals surface area (Å²) in [6, 6.07) is 7.98. The Balaban J connectivity index is 2.17. The van der Waals surface area contributed by atoms with Gasteiger partial charge in [0.1, 0.15) is 5.76 Å². The number of carbonyl (C=O) groups is 1. The molecule has 0 saturated heterocycles. The summed E-state index contributed by atoms with van der Waals surface area (Å²) < 4.78 is 31.3. The maximum atomic E-state index is 12.7. The van der Waals surface area contributed by atoms with Crippen molar-refractivity contribution in [3.05, 3.63) is 54.3 Å². The van der Waals surface area contributed by atoms with Gasteiger partial charge in [0.15, 0.2) is 5.82 Å². The molecule has 2 aromatic rings. The summed E-state index contributed by atoms with van der Waals surface area (Å²) in [7, 11) is -3.80. The molecule has 0 atom stereocenters. The van der Waals surface area contributed by atoms with Crippen molar-refractivity contribution in [2.24, 2.45) is 0 Å². The molecule has 8 heteroatoms. The lowest BCUT2D eigenvalue weighted by Gasteiger charge is -2.20. The molecule has 0 aliphatic heterocycles. The summed E-state index contributed by atoms with van der Waals surface area (Å²) in [6.07, 6.45) is 1.43. The van der Waals surface area contributed by atoms with E-state index in [-0.39, 0.29) is 23.8 Å². The highest BCUT2D eigenvalue weighted by Gasteiger charge is 2.25. The van der Waals surface area contributed by atoms with Gasteiger partial charge in [0, 0.05) is 12.6 Å². The minimum Gasteiger partial charge on any atom is -0.360 e. The van der Waals surface area contributed by atoms with Gasteiger partial charge in [0.2, 0.25) is 15.9 Å². The number of nitrogens with one attached hydrogen (secondary N) is 1. The van der Waals surface area contributed by atoms with Gasteiger partial charge in [-0.05, 0) is 26.0 Å². The Hall–Kier alpha value is -2.45. The molecular formula is C16H19N3O4S. The van der Waals surface area contributed by atoms with E-state index in [0.29, 0.717) is 5.76 Å². The van der Waals surface area contributed by atoms with Gasteiger partial charge >= 0.3 is 0 Å². The zero-order chi connectivity index (χ0) is 17.7. The van der Waals surface area contributed by atoms with Crippen LogP contribution < -0.4 is 5.32 Å². The Morgan fingerprint density at radius 2 is 2.00 bits per heavy atom. The lowest BCUT2D eigenvalue weighted by atomic mass is 10.2. The Kier molecular flexibility index (Phi) is 5.53. The van der Waals surface area contributed by atoms with Crippen molar-refractivity contribution >= 4 is 21.7 Å². The summed E-state index contributed by atoms with van der Waals surface area (Å²) in [6.45, 7) is 6.77. The van der Waals surface area contributed by atoms with Crippen LogP contribution in [0.15, 0.2) is 52.4 Å². The van der Waals surface area contributed by atoms with Gasteiger partial charge in [0.25, 0.3) is 0 Å². The number of hydrogen-bond acceptors (Lipinski definition) is 5. The molecule has 1 heterocycles. The van der Waals surface area contributed by atoms with Gasteiger partial charge in [-0.3, -0.25) is 4.79 Å². The molecule has 1 N–H and O–H groups in total. The van der Waals surface area contributed by atoms with E-state index in [9.17, 15) is 13.2 Å². The topological polar surface area (TPSA) is 92.5 Å². The third-order valence-electron chi connectivity index (χ3n) is 3.21. The van der Waals surface area contributed by atoms with E-state index in [1.165, 1.54) is 18.2 Å². The van der Waals surface area contributed by atoms with E-state index in [1.54, 1.807) is 25.1 Å². The number of benzene rings is 1. The molecule has 1 aromatic heterocycles. The number of carbonyl (C=O) groups excluding carboxylic acids is 1. The van der Waals surface area contributed by atoms with Crippen LogP contribution in [0.5, 0.6) is 0 Å². The van der Waals surface area contributed by atoms with Gasteiger partial charge in [-0.25, -0.2) is 8.42 Å². The monoisotopic (exact) mass is 349 g/mol. The molecule has 2 rings (SSSR count). The van der Waals surface area contributed by atoms with Crippen molar-refractivity contribution in [3.8, 4) is 0 Å². The van der Waals surface area contributed by atoms with Crippen LogP contribution in [-0.2, 0) is 14.8 Å². The SMILES string of the molecule is C=CCN(CC(=O)Nc1cc(C)on1)S(=O)(=O)c1ccc(C)cc1. The molecule has 1 aromatic carbocycles. The quantitative estimate of drug-likeness (QED) is 0.773. The van der Waals surface area contributed by atoms with Gasteiger partial charge in [-0.15, -0.1) is 6.58 Å². The number of nitrogens with zero attached hydrogens (tertiary/aromatic N) is 2. The van der Waals surface area contributed by atoms with E-state index in [2.05, 4.69) is 17.1 Å². The molecule has 0 unspecified atom stereocenters. The Labute approximate surface area is 141 Å². The minimum atomic E-state index is -3.80. The second-order valence-electron chi connectivity index (χ2n) is 5.27. The van der Waals surface area contributed by atoms with Crippen LogP contribution in [0, 0.1) is 13.8 Å². The molecule has 1 amide bonds. The van der Waals surface area contributed by atoms with Gasteiger partial charge in [-0.2, -0.15) is 4.31 Å². The number of anilines is 1. The van der Waals surface area contributed by atoms with E-state index in [0.717, 1.165) is 9.87 Å². The number of hydrogen-bond donors (Lipinski definition) is 1. The molecule has 0 bridgehead atoms. The summed E-state index contributed by atoms with van der Waals surface area (Å²) in [4.78, 5) is 12.2. The van der Waals surface area contributed by atoms with Crippen LogP contribution in [0.25, 0.3) is 0 Å². The van der Waals surface area contributed by atoms with Crippen LogP contribution in [-0.4, -0.2) is 36.9 Å². The average molecular weight is 349 g/mol. The normalized spacial score (nSPS) is 11.5. The zero-order valence-corrected chi connectivity index (χ0v) is 14.3. The fourth-order valence-electron chi connectivity index (χ4n) is 2.02. The van der Waals surface area contributed by atoms with E-state index in [1.807, 2.05) is 6.92 Å². The maximum Gasteiger partial charge on any atom is 0.243 e. The summed E-state index contributed by atoms with van der Waals surface area (Å²) in [5.41, 5.74) is 0.948. The van der Waals surface area contributed by atoms with Crippen LogP contribution in [0.4, 0.5) is 5.82 Å². The third-order valence-corrected chi connectivity index (χ3v) is 5.03. The highest BCUT2D eigenvalue weighted by Crippen LogP contribution is 2.16. The number of aryl methyl sites for hydroxylation is 2. The van der Waals surface area contributed by atoms with Gasteiger partial charge in [-0.1, -0.05) is 28.9 Å². The van der Waals surface area contributed by atoms with Crippen LogP contribution >= 0.6 is 0 Å². The summed E-state index contributed by atoms with van der Waals surface area (Å²) >= 11 is 0. The maximum absolute atomic E-state index is 12.7. The molecule has 0 fully saturated rings. The van der Waals surface area contributed by atoms with Crippen molar-refractivity contribution in [2.45, 2.75) is 18.7 Å². The number of amides is 1. The smallest absolute Gasteiger partial charge is 0.243 e. The first kappa shape index (κ1) is 17.9. The first-order chi connectivity index (χ1) is 11.3. The van der Waals surface area contributed by atoms with Crippen LogP contribution in [0.1, 0.15) is 11.3 Å². The number of aromatic nitrogens is 1. The second-order valence-corrected chi connectivity index (χ2v) is 7.21. The molecule has 24 heavy (non-hydrogen) atoms. The third kappa shape index (κ3) is 4.30. The van der Waals surface area contributed by atoms with Gasteiger partial charge in [0.05, 0.1) is 11.4 Å². The van der Waals surface area contributed by atoms with Crippen molar-refractivity contribution in [1.82, 2.24) is 9.46 Å². The van der Waals surface area contributed by atoms with Crippen molar-refractivity contribution in [2.75, 3.05) is 18.4 Å².